The van der Waals surface area contributed by atoms with E-state index in [1.54, 1.807) is 0 Å². The Labute approximate surface area is 130 Å². The highest BCUT2D eigenvalue weighted by molar-refractivity contribution is 7.21. The second-order valence-electron chi connectivity index (χ2n) is 4.35. The molecule has 0 atom stereocenters. The fraction of sp³-hybridized carbons (Fsp3) is 0.286. The van der Waals surface area contributed by atoms with Crippen LogP contribution in [0.2, 0.25) is 5.02 Å². The molecular weight excluding hydrogens is 314 g/mol. The summed E-state index contributed by atoms with van der Waals surface area (Å²) in [5, 5.41) is 10.1. The molecule has 1 heterocycles. The van der Waals surface area contributed by atoms with Gasteiger partial charge < -0.3 is 14.7 Å². The van der Waals surface area contributed by atoms with Crippen molar-refractivity contribution in [1.82, 2.24) is 4.90 Å². The van der Waals surface area contributed by atoms with E-state index in [1.807, 2.05) is 24.3 Å². The molecule has 0 saturated heterocycles. The molecule has 7 heteroatoms. The highest BCUT2D eigenvalue weighted by atomic mass is 35.5. The molecule has 0 radical (unpaired) electrons. The zero-order valence-corrected chi connectivity index (χ0v) is 12.9. The maximum atomic E-state index is 12.5. The molecule has 112 valence electrons. The fourth-order valence-corrected chi connectivity index (χ4v) is 3.39. The van der Waals surface area contributed by atoms with E-state index in [-0.39, 0.29) is 25.6 Å². The Kier molecular flexibility index (Phi) is 5.17. The number of halogens is 1. The molecule has 0 aliphatic carbocycles. The standard InChI is InChI=1S/C14H14ClNO4S/c1-20-7-6-16(8-11(17)18)14(19)13-12(15)9-4-2-3-5-10(9)21-13/h2-5H,6-8H2,1H3,(H,17,18). The first-order valence-electron chi connectivity index (χ1n) is 6.21. The van der Waals surface area contributed by atoms with Crippen molar-refractivity contribution in [3.8, 4) is 0 Å². The highest BCUT2D eigenvalue weighted by Crippen LogP contribution is 2.35. The van der Waals surface area contributed by atoms with E-state index in [0.29, 0.717) is 9.90 Å². The Balaban J connectivity index is 2.33. The van der Waals surface area contributed by atoms with Crippen molar-refractivity contribution in [2.75, 3.05) is 26.8 Å². The van der Waals surface area contributed by atoms with Gasteiger partial charge in [-0.3, -0.25) is 9.59 Å². The van der Waals surface area contributed by atoms with Gasteiger partial charge in [0.05, 0.1) is 11.6 Å². The van der Waals surface area contributed by atoms with Crippen LogP contribution in [0.1, 0.15) is 9.67 Å². The monoisotopic (exact) mass is 327 g/mol. The molecule has 0 saturated carbocycles. The van der Waals surface area contributed by atoms with E-state index in [2.05, 4.69) is 0 Å². The smallest absolute Gasteiger partial charge is 0.323 e. The van der Waals surface area contributed by atoms with Gasteiger partial charge in [-0.1, -0.05) is 29.8 Å². The number of nitrogens with zero attached hydrogens (tertiary/aromatic N) is 1. The van der Waals surface area contributed by atoms with Gasteiger partial charge in [0, 0.05) is 23.7 Å². The second kappa shape index (κ2) is 6.89. The van der Waals surface area contributed by atoms with Crippen LogP contribution in [0.5, 0.6) is 0 Å². The van der Waals surface area contributed by atoms with Crippen LogP contribution in [0.25, 0.3) is 10.1 Å². The van der Waals surface area contributed by atoms with Crippen LogP contribution in [0.15, 0.2) is 24.3 Å². The van der Waals surface area contributed by atoms with Gasteiger partial charge in [0.15, 0.2) is 0 Å². The molecule has 2 rings (SSSR count). The predicted molar refractivity (Wildman–Crippen MR) is 82.3 cm³/mol. The Morgan fingerprint density at radius 3 is 2.71 bits per heavy atom. The number of rotatable bonds is 6. The molecule has 0 aliphatic rings. The molecule has 21 heavy (non-hydrogen) atoms. The van der Waals surface area contributed by atoms with Gasteiger partial charge in [-0.15, -0.1) is 11.3 Å². The summed E-state index contributed by atoms with van der Waals surface area (Å²) in [6.07, 6.45) is 0. The van der Waals surface area contributed by atoms with Gasteiger partial charge in [0.2, 0.25) is 0 Å². The van der Waals surface area contributed by atoms with Gasteiger partial charge in [-0.05, 0) is 6.07 Å². The van der Waals surface area contributed by atoms with E-state index in [1.165, 1.54) is 23.3 Å². The van der Waals surface area contributed by atoms with Crippen LogP contribution in [-0.2, 0) is 9.53 Å². The van der Waals surface area contributed by atoms with Crippen molar-refractivity contribution < 1.29 is 19.4 Å². The first-order chi connectivity index (χ1) is 10.0. The number of hydrogen-bond acceptors (Lipinski definition) is 4. The minimum Gasteiger partial charge on any atom is -0.480 e. The van der Waals surface area contributed by atoms with E-state index in [9.17, 15) is 9.59 Å². The van der Waals surface area contributed by atoms with Crippen molar-refractivity contribution in [2.45, 2.75) is 0 Å². The Hall–Kier alpha value is -1.63. The summed E-state index contributed by atoms with van der Waals surface area (Å²) in [6.45, 7) is 0.0838. The number of hydrogen-bond donors (Lipinski definition) is 1. The first-order valence-corrected chi connectivity index (χ1v) is 7.41. The van der Waals surface area contributed by atoms with Crippen LogP contribution in [0.3, 0.4) is 0 Å². The fourth-order valence-electron chi connectivity index (χ4n) is 1.91. The third-order valence-corrected chi connectivity index (χ3v) is 4.57. The average Bonchev–Trinajstić information content (AvgIpc) is 2.80. The number of carbonyl (C=O) groups is 2. The third kappa shape index (κ3) is 3.53. The number of amides is 1. The molecule has 1 aromatic heterocycles. The van der Waals surface area contributed by atoms with Crippen LogP contribution in [0, 0.1) is 0 Å². The molecule has 0 spiro atoms. The Morgan fingerprint density at radius 2 is 2.10 bits per heavy atom. The number of ether oxygens (including phenoxy) is 1. The SMILES string of the molecule is COCCN(CC(=O)O)C(=O)c1sc2ccccc2c1Cl. The van der Waals surface area contributed by atoms with Gasteiger partial charge in [0.25, 0.3) is 5.91 Å². The van der Waals surface area contributed by atoms with Crippen molar-refractivity contribution in [1.29, 1.82) is 0 Å². The molecule has 1 N–H and O–H groups in total. The van der Waals surface area contributed by atoms with Crippen molar-refractivity contribution in [2.24, 2.45) is 0 Å². The molecule has 1 aromatic carbocycles. The number of benzene rings is 1. The molecule has 0 fully saturated rings. The predicted octanol–water partition coefficient (Wildman–Crippen LogP) is 2.73. The number of thiophene rings is 1. The number of fused-ring (bicyclic) bond motifs is 1. The highest BCUT2D eigenvalue weighted by Gasteiger charge is 2.23. The summed E-state index contributed by atoms with van der Waals surface area (Å²) >= 11 is 7.51. The van der Waals surface area contributed by atoms with Gasteiger partial charge in [-0.25, -0.2) is 0 Å². The minimum atomic E-state index is -1.07. The number of carbonyl (C=O) groups excluding carboxylic acids is 1. The lowest BCUT2D eigenvalue weighted by atomic mass is 10.2. The Bertz CT molecular complexity index is 670. The van der Waals surface area contributed by atoms with Gasteiger partial charge in [0.1, 0.15) is 11.4 Å². The summed E-state index contributed by atoms with van der Waals surface area (Å²) in [7, 11) is 1.50. The van der Waals surface area contributed by atoms with Crippen molar-refractivity contribution >= 4 is 44.9 Å². The lowest BCUT2D eigenvalue weighted by molar-refractivity contribution is -0.137. The van der Waals surface area contributed by atoms with E-state index < -0.39 is 5.97 Å². The zero-order chi connectivity index (χ0) is 15.4. The van der Waals surface area contributed by atoms with Crippen molar-refractivity contribution in [3.63, 3.8) is 0 Å². The second-order valence-corrected chi connectivity index (χ2v) is 5.78. The normalized spacial score (nSPS) is 10.8. The van der Waals surface area contributed by atoms with Crippen molar-refractivity contribution in [3.05, 3.63) is 34.2 Å². The zero-order valence-electron chi connectivity index (χ0n) is 11.3. The molecule has 2 aromatic rings. The summed E-state index contributed by atoms with van der Waals surface area (Å²) in [4.78, 5) is 25.0. The summed E-state index contributed by atoms with van der Waals surface area (Å²) in [6, 6.07) is 7.42. The number of carboxylic acid groups (broad SMARTS) is 1. The molecular formula is C14H14ClNO4S. The van der Waals surface area contributed by atoms with E-state index in [4.69, 9.17) is 21.4 Å². The summed E-state index contributed by atoms with van der Waals surface area (Å²) in [5.41, 5.74) is 0. The number of carboxylic acids is 1. The van der Waals surface area contributed by atoms with Crippen LogP contribution in [-0.4, -0.2) is 48.7 Å². The third-order valence-electron chi connectivity index (χ3n) is 2.91. The van der Waals surface area contributed by atoms with E-state index in [0.717, 1.165) is 10.1 Å². The Morgan fingerprint density at radius 1 is 1.38 bits per heavy atom. The minimum absolute atomic E-state index is 0.201. The van der Waals surface area contributed by atoms with Gasteiger partial charge in [-0.2, -0.15) is 0 Å². The maximum Gasteiger partial charge on any atom is 0.323 e. The molecule has 0 bridgehead atoms. The summed E-state index contributed by atoms with van der Waals surface area (Å²) < 4.78 is 5.81. The average molecular weight is 328 g/mol. The molecule has 5 nitrogen and oxygen atoms in total. The van der Waals surface area contributed by atoms with Gasteiger partial charge >= 0.3 is 5.97 Å². The molecule has 1 amide bonds. The quantitative estimate of drug-likeness (QED) is 0.886. The summed E-state index contributed by atoms with van der Waals surface area (Å²) in [5.74, 6) is -1.46. The van der Waals surface area contributed by atoms with Crippen LogP contribution < -0.4 is 0 Å². The lowest BCUT2D eigenvalue weighted by Gasteiger charge is -2.19. The molecule has 0 aliphatic heterocycles. The molecule has 0 unspecified atom stereocenters. The number of methoxy groups -OCH3 is 1. The largest absolute Gasteiger partial charge is 0.480 e. The van der Waals surface area contributed by atoms with Crippen LogP contribution in [0.4, 0.5) is 0 Å². The topological polar surface area (TPSA) is 66.8 Å². The van der Waals surface area contributed by atoms with E-state index >= 15 is 0 Å². The van der Waals surface area contributed by atoms with Crippen LogP contribution >= 0.6 is 22.9 Å². The number of aliphatic carboxylic acids is 1. The first kappa shape index (κ1) is 15.8. The maximum absolute atomic E-state index is 12.5. The lowest BCUT2D eigenvalue weighted by Crippen LogP contribution is -2.37.